The predicted molar refractivity (Wildman–Crippen MR) is 76.7 cm³/mol. The van der Waals surface area contributed by atoms with E-state index in [1.807, 2.05) is 19.9 Å². The molecular weight excluding hydrogens is 258 g/mol. The Hall–Kier alpha value is -2.11. The average molecular weight is 277 g/mol. The largest absolute Gasteiger partial charge is 0.375 e. The molecule has 1 heterocycles. The van der Waals surface area contributed by atoms with Gasteiger partial charge < -0.3 is 10.2 Å². The lowest BCUT2D eigenvalue weighted by Crippen LogP contribution is -2.31. The molecule has 1 aliphatic rings. The minimum Gasteiger partial charge on any atom is -0.375 e. The van der Waals surface area contributed by atoms with Crippen molar-refractivity contribution in [2.24, 2.45) is 0 Å². The normalized spacial score (nSPS) is 18.1. The maximum absolute atomic E-state index is 11.6. The van der Waals surface area contributed by atoms with Crippen molar-refractivity contribution in [2.75, 3.05) is 18.4 Å². The summed E-state index contributed by atoms with van der Waals surface area (Å²) in [6.45, 7) is 4.99. The number of carbonyl (C=O) groups excluding carboxylic acids is 1. The molecule has 1 aromatic carbocycles. The molecule has 1 N–H and O–H groups in total. The Bertz CT molecular complexity index is 530. The average Bonchev–Trinajstić information content (AvgIpc) is 2.88. The quantitative estimate of drug-likeness (QED) is 0.677. The molecule has 1 atom stereocenters. The molecule has 6 heteroatoms. The molecule has 6 nitrogen and oxygen atoms in total. The van der Waals surface area contributed by atoms with E-state index in [9.17, 15) is 14.9 Å². The van der Waals surface area contributed by atoms with E-state index in [2.05, 4.69) is 5.32 Å². The lowest BCUT2D eigenvalue weighted by atomic mass is 10.1. The Balaban J connectivity index is 2.08. The van der Waals surface area contributed by atoms with Crippen LogP contribution in [0.4, 0.5) is 11.4 Å². The zero-order chi connectivity index (χ0) is 14.7. The van der Waals surface area contributed by atoms with Gasteiger partial charge in [0.15, 0.2) is 0 Å². The number of nitrogens with one attached hydrogen (secondary N) is 1. The summed E-state index contributed by atoms with van der Waals surface area (Å²) in [5.41, 5.74) is 1.47. The fourth-order valence-corrected chi connectivity index (χ4v) is 2.46. The molecular formula is C14H19N3O3. The first kappa shape index (κ1) is 14.3. The van der Waals surface area contributed by atoms with Crippen LogP contribution in [0.25, 0.3) is 0 Å². The molecule has 108 valence electrons. The number of nitrogens with zero attached hydrogens (tertiary/aromatic N) is 2. The van der Waals surface area contributed by atoms with Crippen LogP contribution in [-0.4, -0.2) is 34.9 Å². The second kappa shape index (κ2) is 5.90. The minimum atomic E-state index is -0.376. The Kier molecular flexibility index (Phi) is 4.22. The van der Waals surface area contributed by atoms with Gasteiger partial charge in [0.1, 0.15) is 5.69 Å². The minimum absolute atomic E-state index is 0.0758. The molecule has 0 bridgehead atoms. The number of anilines is 1. The lowest BCUT2D eigenvalue weighted by Gasteiger charge is -2.17. The molecule has 1 fully saturated rings. The van der Waals surface area contributed by atoms with Crippen molar-refractivity contribution in [3.05, 3.63) is 33.9 Å². The standard InChI is InChI=1S/C14H19N3O3/c1-3-14(18)16-7-6-11(9-16)15-12-5-4-10(2)8-13(12)17(19)20/h4-5,8,11,15H,3,6-7,9H2,1-2H3. The molecule has 2 rings (SSSR count). The lowest BCUT2D eigenvalue weighted by molar-refractivity contribution is -0.384. The molecule has 0 radical (unpaired) electrons. The molecule has 20 heavy (non-hydrogen) atoms. The number of hydrogen-bond donors (Lipinski definition) is 1. The van der Waals surface area contributed by atoms with Crippen LogP contribution >= 0.6 is 0 Å². The molecule has 1 amide bonds. The summed E-state index contributed by atoms with van der Waals surface area (Å²) in [6, 6.07) is 5.22. The summed E-state index contributed by atoms with van der Waals surface area (Å²) < 4.78 is 0. The molecule has 0 spiro atoms. The number of nitro groups is 1. The Morgan fingerprint density at radius 2 is 2.30 bits per heavy atom. The number of amides is 1. The predicted octanol–water partition coefficient (Wildman–Crippen LogP) is 2.33. The van der Waals surface area contributed by atoms with Gasteiger partial charge in [-0.15, -0.1) is 0 Å². The van der Waals surface area contributed by atoms with Crippen LogP contribution in [0.3, 0.4) is 0 Å². The maximum Gasteiger partial charge on any atom is 0.292 e. The van der Waals surface area contributed by atoms with E-state index in [4.69, 9.17) is 0 Å². The molecule has 0 aromatic heterocycles. The highest BCUT2D eigenvalue weighted by molar-refractivity contribution is 5.76. The summed E-state index contributed by atoms with van der Waals surface area (Å²) >= 11 is 0. The fraction of sp³-hybridized carbons (Fsp3) is 0.500. The first-order chi connectivity index (χ1) is 9.51. The van der Waals surface area contributed by atoms with E-state index in [1.165, 1.54) is 0 Å². The Morgan fingerprint density at radius 3 is 2.95 bits per heavy atom. The van der Waals surface area contributed by atoms with E-state index in [0.29, 0.717) is 25.2 Å². The van der Waals surface area contributed by atoms with Gasteiger partial charge in [-0.3, -0.25) is 14.9 Å². The van der Waals surface area contributed by atoms with Gasteiger partial charge >= 0.3 is 0 Å². The van der Waals surface area contributed by atoms with Crippen LogP contribution in [0.5, 0.6) is 0 Å². The third-order valence-electron chi connectivity index (χ3n) is 3.55. The number of likely N-dealkylation sites (tertiary alicyclic amines) is 1. The highest BCUT2D eigenvalue weighted by Gasteiger charge is 2.26. The third-order valence-corrected chi connectivity index (χ3v) is 3.55. The van der Waals surface area contributed by atoms with Gasteiger partial charge in [-0.1, -0.05) is 13.0 Å². The van der Waals surface area contributed by atoms with E-state index in [0.717, 1.165) is 12.0 Å². The number of aryl methyl sites for hydroxylation is 1. The van der Waals surface area contributed by atoms with Crippen molar-refractivity contribution in [3.63, 3.8) is 0 Å². The molecule has 0 saturated carbocycles. The van der Waals surface area contributed by atoms with E-state index in [1.54, 1.807) is 17.0 Å². The smallest absolute Gasteiger partial charge is 0.292 e. The molecule has 1 aliphatic heterocycles. The van der Waals surface area contributed by atoms with Crippen molar-refractivity contribution in [1.82, 2.24) is 4.90 Å². The van der Waals surface area contributed by atoms with E-state index < -0.39 is 0 Å². The second-order valence-corrected chi connectivity index (χ2v) is 5.10. The van der Waals surface area contributed by atoms with E-state index >= 15 is 0 Å². The summed E-state index contributed by atoms with van der Waals surface area (Å²) in [7, 11) is 0. The number of rotatable bonds is 4. The van der Waals surface area contributed by atoms with Gasteiger partial charge in [-0.05, 0) is 25.0 Å². The highest BCUT2D eigenvalue weighted by atomic mass is 16.6. The summed E-state index contributed by atoms with van der Waals surface area (Å²) in [5.74, 6) is 0.132. The number of benzene rings is 1. The van der Waals surface area contributed by atoms with Gasteiger partial charge in [0.2, 0.25) is 5.91 Å². The van der Waals surface area contributed by atoms with Gasteiger partial charge in [-0.2, -0.15) is 0 Å². The first-order valence-corrected chi connectivity index (χ1v) is 6.80. The fourth-order valence-electron chi connectivity index (χ4n) is 2.46. The number of nitro benzene ring substituents is 1. The molecule has 1 unspecified atom stereocenters. The van der Waals surface area contributed by atoms with Crippen LogP contribution in [0.2, 0.25) is 0 Å². The van der Waals surface area contributed by atoms with Crippen LogP contribution < -0.4 is 5.32 Å². The first-order valence-electron chi connectivity index (χ1n) is 6.80. The van der Waals surface area contributed by atoms with Crippen molar-refractivity contribution in [2.45, 2.75) is 32.7 Å². The van der Waals surface area contributed by atoms with E-state index in [-0.39, 0.29) is 22.6 Å². The number of carbonyl (C=O) groups is 1. The van der Waals surface area contributed by atoms with Crippen molar-refractivity contribution >= 4 is 17.3 Å². The molecule has 0 aliphatic carbocycles. The zero-order valence-corrected chi connectivity index (χ0v) is 11.8. The monoisotopic (exact) mass is 277 g/mol. The Morgan fingerprint density at radius 1 is 1.55 bits per heavy atom. The topological polar surface area (TPSA) is 75.5 Å². The van der Waals surface area contributed by atoms with Gasteiger partial charge in [0, 0.05) is 31.6 Å². The van der Waals surface area contributed by atoms with Crippen LogP contribution in [0.1, 0.15) is 25.3 Å². The molecule has 1 aromatic rings. The third kappa shape index (κ3) is 3.07. The van der Waals surface area contributed by atoms with Crippen molar-refractivity contribution < 1.29 is 9.72 Å². The van der Waals surface area contributed by atoms with Crippen LogP contribution in [-0.2, 0) is 4.79 Å². The highest BCUT2D eigenvalue weighted by Crippen LogP contribution is 2.27. The van der Waals surface area contributed by atoms with Crippen LogP contribution in [0, 0.1) is 17.0 Å². The SMILES string of the molecule is CCC(=O)N1CCC(Nc2ccc(C)cc2[N+](=O)[O-])C1. The van der Waals surface area contributed by atoms with Gasteiger partial charge in [0.25, 0.3) is 5.69 Å². The second-order valence-electron chi connectivity index (χ2n) is 5.10. The molecule has 1 saturated heterocycles. The summed E-state index contributed by atoms with van der Waals surface area (Å²) in [6.07, 6.45) is 1.31. The zero-order valence-electron chi connectivity index (χ0n) is 11.8. The summed E-state index contributed by atoms with van der Waals surface area (Å²) in [4.78, 5) is 24.1. The Labute approximate surface area is 117 Å². The van der Waals surface area contributed by atoms with Crippen molar-refractivity contribution in [3.8, 4) is 0 Å². The van der Waals surface area contributed by atoms with Gasteiger partial charge in [0.05, 0.1) is 4.92 Å². The van der Waals surface area contributed by atoms with Crippen molar-refractivity contribution in [1.29, 1.82) is 0 Å². The maximum atomic E-state index is 11.6. The number of hydrogen-bond acceptors (Lipinski definition) is 4. The van der Waals surface area contributed by atoms with Crippen LogP contribution in [0.15, 0.2) is 18.2 Å². The summed E-state index contributed by atoms with van der Waals surface area (Å²) in [5, 5.41) is 14.3. The van der Waals surface area contributed by atoms with Gasteiger partial charge in [-0.25, -0.2) is 0 Å².